The van der Waals surface area contributed by atoms with Crippen LogP contribution in [-0.2, 0) is 6.54 Å². The summed E-state index contributed by atoms with van der Waals surface area (Å²) in [5.74, 6) is 1.25. The smallest absolute Gasteiger partial charge is 0.224 e. The second kappa shape index (κ2) is 6.02. The molecule has 0 atom stereocenters. The van der Waals surface area contributed by atoms with Crippen LogP contribution in [0.3, 0.4) is 0 Å². The average Bonchev–Trinajstić information content (AvgIpc) is 2.76. The van der Waals surface area contributed by atoms with Crippen molar-refractivity contribution in [2.75, 3.05) is 17.2 Å². The van der Waals surface area contributed by atoms with Crippen LogP contribution >= 0.6 is 22.9 Å². The summed E-state index contributed by atoms with van der Waals surface area (Å²) in [6.45, 7) is 5.61. The minimum absolute atomic E-state index is 0.533. The molecule has 0 fully saturated rings. The van der Waals surface area contributed by atoms with Crippen LogP contribution in [-0.4, -0.2) is 16.5 Å². The third kappa shape index (κ3) is 3.11. The summed E-state index contributed by atoms with van der Waals surface area (Å²) in [4.78, 5) is 9.72. The normalized spacial score (nSPS) is 10.4. The van der Waals surface area contributed by atoms with E-state index in [-0.39, 0.29) is 0 Å². The number of halogens is 1. The Bertz CT molecular complexity index is 527. The third-order valence-electron chi connectivity index (χ3n) is 2.46. The molecule has 0 aliphatic heterocycles. The Labute approximate surface area is 115 Å². The van der Waals surface area contributed by atoms with E-state index in [2.05, 4.69) is 39.0 Å². The van der Waals surface area contributed by atoms with Crippen molar-refractivity contribution in [3.63, 3.8) is 0 Å². The minimum atomic E-state index is 0.533. The standard InChI is InChI=1S/C12H15ClN4S/c1-3-14-12-16-6-9(13)11(17-12)15-7-10-8(2)4-5-18-10/h4-6H,3,7H2,1-2H3,(H2,14,15,16,17). The van der Waals surface area contributed by atoms with Crippen molar-refractivity contribution in [1.29, 1.82) is 0 Å². The van der Waals surface area contributed by atoms with E-state index in [4.69, 9.17) is 11.6 Å². The summed E-state index contributed by atoms with van der Waals surface area (Å²) in [5.41, 5.74) is 1.28. The van der Waals surface area contributed by atoms with Gasteiger partial charge in [-0.05, 0) is 30.9 Å². The molecule has 96 valence electrons. The lowest BCUT2D eigenvalue weighted by Gasteiger charge is -2.09. The van der Waals surface area contributed by atoms with Crippen LogP contribution < -0.4 is 10.6 Å². The van der Waals surface area contributed by atoms with Gasteiger partial charge in [0.1, 0.15) is 5.02 Å². The lowest BCUT2D eigenvalue weighted by atomic mass is 10.3. The van der Waals surface area contributed by atoms with Gasteiger partial charge in [-0.25, -0.2) is 4.98 Å². The van der Waals surface area contributed by atoms with E-state index in [0.29, 0.717) is 16.8 Å². The monoisotopic (exact) mass is 282 g/mol. The van der Waals surface area contributed by atoms with Crippen LogP contribution in [0.15, 0.2) is 17.6 Å². The van der Waals surface area contributed by atoms with E-state index in [1.807, 2.05) is 6.92 Å². The number of nitrogens with zero attached hydrogens (tertiary/aromatic N) is 2. The molecule has 0 aromatic carbocycles. The van der Waals surface area contributed by atoms with Gasteiger partial charge in [0, 0.05) is 11.4 Å². The molecule has 0 radical (unpaired) electrons. The van der Waals surface area contributed by atoms with Gasteiger partial charge < -0.3 is 10.6 Å². The van der Waals surface area contributed by atoms with Gasteiger partial charge in [-0.2, -0.15) is 4.98 Å². The Balaban J connectivity index is 2.08. The molecular weight excluding hydrogens is 268 g/mol. The zero-order valence-electron chi connectivity index (χ0n) is 10.3. The van der Waals surface area contributed by atoms with E-state index in [1.54, 1.807) is 17.5 Å². The molecule has 0 unspecified atom stereocenters. The number of thiophene rings is 1. The largest absolute Gasteiger partial charge is 0.364 e. The molecule has 2 rings (SSSR count). The number of hydrogen-bond donors (Lipinski definition) is 2. The predicted molar refractivity (Wildman–Crippen MR) is 77.6 cm³/mol. The van der Waals surface area contributed by atoms with Gasteiger partial charge in [-0.3, -0.25) is 0 Å². The molecule has 0 aliphatic rings. The van der Waals surface area contributed by atoms with Gasteiger partial charge in [0.05, 0.1) is 12.7 Å². The van der Waals surface area contributed by atoms with E-state index in [9.17, 15) is 0 Å². The topological polar surface area (TPSA) is 49.8 Å². The van der Waals surface area contributed by atoms with Crippen LogP contribution in [0, 0.1) is 6.92 Å². The SMILES string of the molecule is CCNc1ncc(Cl)c(NCc2sccc2C)n1. The maximum Gasteiger partial charge on any atom is 0.224 e. The second-order valence-electron chi connectivity index (χ2n) is 3.80. The van der Waals surface area contributed by atoms with E-state index >= 15 is 0 Å². The van der Waals surface area contributed by atoms with Crippen LogP contribution in [0.5, 0.6) is 0 Å². The van der Waals surface area contributed by atoms with Gasteiger partial charge in [0.25, 0.3) is 0 Å². The Morgan fingerprint density at radius 3 is 2.89 bits per heavy atom. The first-order chi connectivity index (χ1) is 8.70. The first-order valence-electron chi connectivity index (χ1n) is 5.74. The van der Waals surface area contributed by atoms with Crippen LogP contribution in [0.4, 0.5) is 11.8 Å². The van der Waals surface area contributed by atoms with Gasteiger partial charge in [-0.1, -0.05) is 11.6 Å². The Hall–Kier alpha value is -1.33. The summed E-state index contributed by atoms with van der Waals surface area (Å²) in [6, 6.07) is 2.10. The number of hydrogen-bond acceptors (Lipinski definition) is 5. The molecule has 2 heterocycles. The fraction of sp³-hybridized carbons (Fsp3) is 0.333. The summed E-state index contributed by atoms with van der Waals surface area (Å²) in [6.07, 6.45) is 1.61. The van der Waals surface area contributed by atoms with Crippen molar-refractivity contribution in [3.8, 4) is 0 Å². The molecule has 0 spiro atoms. The summed E-state index contributed by atoms with van der Waals surface area (Å²) in [5, 5.41) is 8.92. The minimum Gasteiger partial charge on any atom is -0.364 e. The quantitative estimate of drug-likeness (QED) is 0.881. The van der Waals surface area contributed by atoms with Crippen molar-refractivity contribution >= 4 is 34.7 Å². The zero-order chi connectivity index (χ0) is 13.0. The van der Waals surface area contributed by atoms with Crippen molar-refractivity contribution in [2.45, 2.75) is 20.4 Å². The Morgan fingerprint density at radius 2 is 2.22 bits per heavy atom. The van der Waals surface area contributed by atoms with Crippen molar-refractivity contribution < 1.29 is 0 Å². The molecule has 0 saturated heterocycles. The predicted octanol–water partition coefficient (Wildman–Crippen LogP) is 3.54. The molecule has 0 saturated carbocycles. The number of nitrogens with one attached hydrogen (secondary N) is 2. The lowest BCUT2D eigenvalue weighted by molar-refractivity contribution is 1.06. The van der Waals surface area contributed by atoms with Crippen LogP contribution in [0.2, 0.25) is 5.02 Å². The number of aryl methyl sites for hydroxylation is 1. The van der Waals surface area contributed by atoms with Crippen molar-refractivity contribution in [1.82, 2.24) is 9.97 Å². The Kier molecular flexibility index (Phi) is 4.38. The fourth-order valence-electron chi connectivity index (χ4n) is 1.48. The second-order valence-corrected chi connectivity index (χ2v) is 5.21. The number of rotatable bonds is 5. The van der Waals surface area contributed by atoms with Crippen molar-refractivity contribution in [3.05, 3.63) is 33.1 Å². The molecule has 2 aromatic rings. The van der Waals surface area contributed by atoms with E-state index in [0.717, 1.165) is 13.1 Å². The zero-order valence-corrected chi connectivity index (χ0v) is 11.9. The molecular formula is C12H15ClN4S. The molecule has 0 aliphatic carbocycles. The highest BCUT2D eigenvalue weighted by Crippen LogP contribution is 2.22. The van der Waals surface area contributed by atoms with Gasteiger partial charge in [0.2, 0.25) is 5.95 Å². The molecule has 2 aromatic heterocycles. The third-order valence-corrected chi connectivity index (χ3v) is 3.76. The summed E-state index contributed by atoms with van der Waals surface area (Å²) >= 11 is 7.79. The maximum atomic E-state index is 6.06. The Morgan fingerprint density at radius 1 is 1.39 bits per heavy atom. The van der Waals surface area contributed by atoms with Gasteiger partial charge in [0.15, 0.2) is 5.82 Å². The first kappa shape index (κ1) is 13.1. The highest BCUT2D eigenvalue weighted by molar-refractivity contribution is 7.10. The first-order valence-corrected chi connectivity index (χ1v) is 6.99. The summed E-state index contributed by atoms with van der Waals surface area (Å²) in [7, 11) is 0. The molecule has 2 N–H and O–H groups in total. The highest BCUT2D eigenvalue weighted by atomic mass is 35.5. The number of anilines is 2. The summed E-state index contributed by atoms with van der Waals surface area (Å²) < 4.78 is 0. The fourth-order valence-corrected chi connectivity index (χ4v) is 2.49. The van der Waals surface area contributed by atoms with Crippen molar-refractivity contribution in [2.24, 2.45) is 0 Å². The molecule has 18 heavy (non-hydrogen) atoms. The number of aromatic nitrogens is 2. The molecule has 0 bridgehead atoms. The van der Waals surface area contributed by atoms with E-state index < -0.39 is 0 Å². The lowest BCUT2D eigenvalue weighted by Crippen LogP contribution is -2.06. The highest BCUT2D eigenvalue weighted by Gasteiger charge is 2.06. The molecule has 4 nitrogen and oxygen atoms in total. The van der Waals surface area contributed by atoms with Gasteiger partial charge in [-0.15, -0.1) is 11.3 Å². The average molecular weight is 283 g/mol. The van der Waals surface area contributed by atoms with Gasteiger partial charge >= 0.3 is 0 Å². The molecule has 6 heteroatoms. The van der Waals surface area contributed by atoms with E-state index in [1.165, 1.54) is 10.4 Å². The maximum absolute atomic E-state index is 6.06. The molecule has 0 amide bonds. The van der Waals surface area contributed by atoms with Crippen LogP contribution in [0.1, 0.15) is 17.4 Å². The van der Waals surface area contributed by atoms with Crippen LogP contribution in [0.25, 0.3) is 0 Å².